The van der Waals surface area contributed by atoms with Gasteiger partial charge in [-0.25, -0.2) is 4.79 Å². The molecule has 0 saturated heterocycles. The highest BCUT2D eigenvalue weighted by atomic mass is 16.5. The average molecular weight is 276 g/mol. The molecule has 1 rings (SSSR count). The van der Waals surface area contributed by atoms with Crippen LogP contribution >= 0.6 is 0 Å². The molecule has 4 heteroatoms. The number of hydrogen-bond donors (Lipinski definition) is 1. The Morgan fingerprint density at radius 2 is 1.85 bits per heavy atom. The van der Waals surface area contributed by atoms with E-state index < -0.39 is 11.8 Å². The number of carboxylic acids is 1. The molecule has 0 aromatic heterocycles. The zero-order chi connectivity index (χ0) is 14.8. The van der Waals surface area contributed by atoms with Gasteiger partial charge in [0.15, 0.2) is 0 Å². The fourth-order valence-corrected chi connectivity index (χ4v) is 1.64. The van der Waals surface area contributed by atoms with E-state index in [1.165, 1.54) is 25.3 Å². The molecule has 0 spiro atoms. The van der Waals surface area contributed by atoms with Gasteiger partial charge >= 0.3 is 5.97 Å². The lowest BCUT2D eigenvalue weighted by molar-refractivity contribution is -0.146. The predicted octanol–water partition coefficient (Wildman–Crippen LogP) is 3.31. The van der Waals surface area contributed by atoms with E-state index in [2.05, 4.69) is 6.92 Å². The molecule has 0 amide bonds. The maximum Gasteiger partial charge on any atom is 0.376 e. The van der Waals surface area contributed by atoms with E-state index in [1.807, 2.05) is 12.1 Å². The molecule has 0 aliphatic rings. The third-order valence-electron chi connectivity index (χ3n) is 2.78. The summed E-state index contributed by atoms with van der Waals surface area (Å²) in [6.07, 6.45) is 7.17. The fraction of sp³-hybridized carbons (Fsp3) is 0.375. The van der Waals surface area contributed by atoms with Crippen LogP contribution in [0.3, 0.4) is 0 Å². The molecule has 0 atom stereocenters. The molecule has 20 heavy (non-hydrogen) atoms. The summed E-state index contributed by atoms with van der Waals surface area (Å²) in [4.78, 5) is 21.2. The molecule has 1 N–H and O–H groups in total. The zero-order valence-electron chi connectivity index (χ0n) is 11.7. The van der Waals surface area contributed by atoms with Crippen LogP contribution in [0.5, 0.6) is 5.75 Å². The Kier molecular flexibility index (Phi) is 7.11. The molecule has 4 nitrogen and oxygen atoms in total. The van der Waals surface area contributed by atoms with E-state index >= 15 is 0 Å². The average Bonchev–Trinajstić information content (AvgIpc) is 2.45. The van der Waals surface area contributed by atoms with E-state index in [1.54, 1.807) is 12.1 Å². The van der Waals surface area contributed by atoms with Crippen LogP contribution in [0.25, 0.3) is 6.08 Å². The van der Waals surface area contributed by atoms with Gasteiger partial charge in [0.2, 0.25) is 0 Å². The summed E-state index contributed by atoms with van der Waals surface area (Å²) in [5.74, 6) is -1.60. The first-order valence-electron chi connectivity index (χ1n) is 6.81. The number of benzene rings is 1. The molecular formula is C16H20O4. The Bertz CT molecular complexity index is 460. The highest BCUT2D eigenvalue weighted by Gasteiger charge is 2.05. The number of carbonyl (C=O) groups excluding carboxylic acids is 1. The van der Waals surface area contributed by atoms with E-state index in [0.717, 1.165) is 23.8 Å². The van der Waals surface area contributed by atoms with Gasteiger partial charge in [-0.05, 0) is 30.2 Å². The van der Waals surface area contributed by atoms with Crippen LogP contribution in [0.15, 0.2) is 30.3 Å². The topological polar surface area (TPSA) is 63.6 Å². The van der Waals surface area contributed by atoms with Crippen molar-refractivity contribution in [3.05, 3.63) is 35.9 Å². The third kappa shape index (κ3) is 6.18. The van der Waals surface area contributed by atoms with Crippen LogP contribution in [-0.4, -0.2) is 23.5 Å². The van der Waals surface area contributed by atoms with Crippen molar-refractivity contribution in [1.82, 2.24) is 0 Å². The zero-order valence-corrected chi connectivity index (χ0v) is 11.7. The van der Waals surface area contributed by atoms with E-state index in [0.29, 0.717) is 6.61 Å². The van der Waals surface area contributed by atoms with Crippen LogP contribution in [0.2, 0.25) is 0 Å². The van der Waals surface area contributed by atoms with Gasteiger partial charge < -0.3 is 9.84 Å². The summed E-state index contributed by atoms with van der Waals surface area (Å²) in [6, 6.07) is 7.19. The van der Waals surface area contributed by atoms with E-state index in [-0.39, 0.29) is 0 Å². The number of unbranched alkanes of at least 4 members (excludes halogenated alkanes) is 3. The number of carboxylic acid groups (broad SMARTS) is 1. The summed E-state index contributed by atoms with van der Waals surface area (Å²) in [7, 11) is 0. The molecular weight excluding hydrogens is 256 g/mol. The van der Waals surface area contributed by atoms with Crippen LogP contribution in [-0.2, 0) is 9.59 Å². The minimum atomic E-state index is -1.45. The first-order chi connectivity index (χ1) is 9.63. The van der Waals surface area contributed by atoms with Gasteiger partial charge in [0.05, 0.1) is 6.61 Å². The van der Waals surface area contributed by atoms with Crippen LogP contribution in [0.1, 0.15) is 38.2 Å². The van der Waals surface area contributed by atoms with Crippen molar-refractivity contribution in [2.75, 3.05) is 6.61 Å². The van der Waals surface area contributed by atoms with Gasteiger partial charge in [0, 0.05) is 0 Å². The van der Waals surface area contributed by atoms with Gasteiger partial charge in [-0.1, -0.05) is 44.4 Å². The van der Waals surface area contributed by atoms with E-state index in [4.69, 9.17) is 9.84 Å². The Balaban J connectivity index is 2.40. The number of hydrogen-bond acceptors (Lipinski definition) is 3. The Morgan fingerprint density at radius 1 is 1.15 bits per heavy atom. The van der Waals surface area contributed by atoms with Crippen molar-refractivity contribution >= 4 is 17.8 Å². The monoisotopic (exact) mass is 276 g/mol. The molecule has 0 unspecified atom stereocenters. The van der Waals surface area contributed by atoms with Crippen LogP contribution in [0, 0.1) is 0 Å². The van der Waals surface area contributed by atoms with Crippen molar-refractivity contribution in [3.8, 4) is 5.75 Å². The normalized spacial score (nSPS) is 10.7. The quantitative estimate of drug-likeness (QED) is 0.427. The second-order valence-electron chi connectivity index (χ2n) is 4.48. The first-order valence-corrected chi connectivity index (χ1v) is 6.81. The second-order valence-corrected chi connectivity index (χ2v) is 4.48. The maximum absolute atomic E-state index is 10.9. The Hall–Kier alpha value is -2.10. The predicted molar refractivity (Wildman–Crippen MR) is 77.8 cm³/mol. The largest absolute Gasteiger partial charge is 0.494 e. The number of rotatable bonds is 9. The summed E-state index contributed by atoms with van der Waals surface area (Å²) < 4.78 is 5.59. The Labute approximate surface area is 119 Å². The minimum Gasteiger partial charge on any atom is -0.494 e. The molecule has 0 saturated carbocycles. The molecule has 1 aromatic carbocycles. The summed E-state index contributed by atoms with van der Waals surface area (Å²) in [5.41, 5.74) is 0.762. The minimum absolute atomic E-state index is 0.701. The van der Waals surface area contributed by atoms with Gasteiger partial charge in [-0.2, -0.15) is 0 Å². The lowest BCUT2D eigenvalue weighted by Gasteiger charge is -2.05. The first kappa shape index (κ1) is 16.0. The number of ether oxygens (including phenoxy) is 1. The highest BCUT2D eigenvalue weighted by Crippen LogP contribution is 2.14. The lowest BCUT2D eigenvalue weighted by atomic mass is 10.2. The molecule has 0 heterocycles. The molecule has 0 aliphatic heterocycles. The summed E-state index contributed by atoms with van der Waals surface area (Å²) >= 11 is 0. The van der Waals surface area contributed by atoms with Crippen molar-refractivity contribution in [2.45, 2.75) is 32.6 Å². The number of aliphatic carboxylic acids is 1. The molecule has 0 bridgehead atoms. The second kappa shape index (κ2) is 8.91. The maximum atomic E-state index is 10.9. The standard InChI is InChI=1S/C16H20O4/c1-2-3-4-5-12-20-14-9-6-13(7-10-14)8-11-15(17)16(18)19/h6-11H,2-5,12H2,1H3,(H,18,19)/b11-8+. The van der Waals surface area contributed by atoms with Crippen LogP contribution < -0.4 is 4.74 Å². The van der Waals surface area contributed by atoms with Gasteiger partial charge in [-0.3, -0.25) is 4.79 Å². The van der Waals surface area contributed by atoms with Crippen molar-refractivity contribution in [3.63, 3.8) is 0 Å². The smallest absolute Gasteiger partial charge is 0.376 e. The van der Waals surface area contributed by atoms with Crippen LogP contribution in [0.4, 0.5) is 0 Å². The molecule has 0 fully saturated rings. The Morgan fingerprint density at radius 3 is 2.45 bits per heavy atom. The van der Waals surface area contributed by atoms with Gasteiger partial charge in [0.1, 0.15) is 5.75 Å². The number of carbonyl (C=O) groups is 2. The summed E-state index contributed by atoms with van der Waals surface area (Å²) in [5, 5.41) is 8.44. The molecule has 0 aliphatic carbocycles. The molecule has 1 aromatic rings. The van der Waals surface area contributed by atoms with Gasteiger partial charge in [0.25, 0.3) is 5.78 Å². The highest BCUT2D eigenvalue weighted by molar-refractivity contribution is 6.38. The molecule has 108 valence electrons. The van der Waals surface area contributed by atoms with Crippen molar-refractivity contribution in [1.29, 1.82) is 0 Å². The van der Waals surface area contributed by atoms with E-state index in [9.17, 15) is 9.59 Å². The molecule has 0 radical (unpaired) electrons. The van der Waals surface area contributed by atoms with Gasteiger partial charge in [-0.15, -0.1) is 0 Å². The van der Waals surface area contributed by atoms with Crippen molar-refractivity contribution in [2.24, 2.45) is 0 Å². The number of ketones is 1. The fourth-order valence-electron chi connectivity index (χ4n) is 1.64. The lowest BCUT2D eigenvalue weighted by Crippen LogP contribution is -2.08. The van der Waals surface area contributed by atoms with Crippen molar-refractivity contribution < 1.29 is 19.4 Å². The SMILES string of the molecule is CCCCCCOc1ccc(/C=C/C(=O)C(=O)O)cc1. The summed E-state index contributed by atoms with van der Waals surface area (Å²) in [6.45, 7) is 2.87. The third-order valence-corrected chi connectivity index (χ3v) is 2.78.